The number of hydrogen-bond donors (Lipinski definition) is 1. The molecule has 0 aliphatic rings. The second-order valence-corrected chi connectivity index (χ2v) is 9.58. The number of aryl methyl sites for hydroxylation is 2. The zero-order chi connectivity index (χ0) is 24.3. The summed E-state index contributed by atoms with van der Waals surface area (Å²) in [5.74, 6) is 0.947. The van der Waals surface area contributed by atoms with Gasteiger partial charge in [0.1, 0.15) is 6.04 Å². The number of amides is 2. The van der Waals surface area contributed by atoms with Gasteiger partial charge in [-0.3, -0.25) is 9.59 Å². The van der Waals surface area contributed by atoms with E-state index in [0.29, 0.717) is 25.3 Å². The summed E-state index contributed by atoms with van der Waals surface area (Å²) in [5, 5.41) is 2.95. The highest BCUT2D eigenvalue weighted by molar-refractivity contribution is 7.99. The van der Waals surface area contributed by atoms with Gasteiger partial charge in [-0.15, -0.1) is 11.8 Å². The molecule has 1 N–H and O–H groups in total. The predicted molar refractivity (Wildman–Crippen MR) is 142 cm³/mol. The molecule has 0 fully saturated rings. The van der Waals surface area contributed by atoms with E-state index in [0.717, 1.165) is 22.4 Å². The van der Waals surface area contributed by atoms with E-state index in [9.17, 15) is 9.59 Å². The van der Waals surface area contributed by atoms with Crippen molar-refractivity contribution in [2.75, 3.05) is 12.3 Å². The molecule has 0 spiro atoms. The number of thioether (sulfide) groups is 1. The first-order valence-electron chi connectivity index (χ1n) is 11.8. The molecule has 178 valence electrons. The Morgan fingerprint density at radius 1 is 0.853 bits per heavy atom. The summed E-state index contributed by atoms with van der Waals surface area (Å²) in [6.07, 6.45) is 0.479. The molecule has 4 nitrogen and oxygen atoms in total. The van der Waals surface area contributed by atoms with Crippen molar-refractivity contribution in [1.82, 2.24) is 10.2 Å². The summed E-state index contributed by atoms with van der Waals surface area (Å²) in [7, 11) is 0. The molecule has 3 aromatic carbocycles. The maximum atomic E-state index is 13.6. The van der Waals surface area contributed by atoms with Gasteiger partial charge in [0.25, 0.3) is 0 Å². The largest absolute Gasteiger partial charge is 0.355 e. The monoisotopic (exact) mass is 474 g/mol. The van der Waals surface area contributed by atoms with Gasteiger partial charge in [0.2, 0.25) is 11.8 Å². The van der Waals surface area contributed by atoms with Gasteiger partial charge in [0, 0.05) is 25.3 Å². The molecular weight excluding hydrogens is 440 g/mol. The van der Waals surface area contributed by atoms with Gasteiger partial charge in [-0.1, -0.05) is 90.0 Å². The van der Waals surface area contributed by atoms with Crippen LogP contribution >= 0.6 is 11.8 Å². The fraction of sp³-hybridized carbons (Fsp3) is 0.310. The molecule has 0 saturated heterocycles. The second kappa shape index (κ2) is 13.0. The van der Waals surface area contributed by atoms with Gasteiger partial charge in [-0.05, 0) is 37.5 Å². The third-order valence-electron chi connectivity index (χ3n) is 5.63. The maximum absolute atomic E-state index is 13.6. The van der Waals surface area contributed by atoms with E-state index in [2.05, 4.69) is 36.5 Å². The van der Waals surface area contributed by atoms with Crippen molar-refractivity contribution < 1.29 is 9.59 Å². The van der Waals surface area contributed by atoms with Crippen molar-refractivity contribution in [3.8, 4) is 0 Å². The minimum Gasteiger partial charge on any atom is -0.355 e. The lowest BCUT2D eigenvalue weighted by Gasteiger charge is -2.31. The quantitative estimate of drug-likeness (QED) is 0.410. The number of rotatable bonds is 11. The third kappa shape index (κ3) is 7.77. The summed E-state index contributed by atoms with van der Waals surface area (Å²) in [5.41, 5.74) is 5.61. The average molecular weight is 475 g/mol. The van der Waals surface area contributed by atoms with Crippen molar-refractivity contribution in [3.63, 3.8) is 0 Å². The van der Waals surface area contributed by atoms with E-state index < -0.39 is 6.04 Å². The number of nitrogens with one attached hydrogen (secondary N) is 1. The van der Waals surface area contributed by atoms with Crippen LogP contribution < -0.4 is 5.32 Å². The molecule has 3 aromatic rings. The van der Waals surface area contributed by atoms with Crippen LogP contribution in [0.15, 0.2) is 78.9 Å². The number of carbonyl (C=O) groups is 2. The molecule has 0 saturated carbocycles. The van der Waals surface area contributed by atoms with E-state index in [1.807, 2.05) is 68.4 Å². The van der Waals surface area contributed by atoms with Gasteiger partial charge < -0.3 is 10.2 Å². The van der Waals surface area contributed by atoms with Crippen LogP contribution in [0.3, 0.4) is 0 Å². The Balaban J connectivity index is 1.82. The van der Waals surface area contributed by atoms with Crippen LogP contribution in [0.5, 0.6) is 0 Å². The number of likely N-dealkylation sites (N-methyl/N-ethyl adjacent to an activating group) is 1. The molecule has 5 heteroatoms. The highest BCUT2D eigenvalue weighted by Crippen LogP contribution is 2.19. The summed E-state index contributed by atoms with van der Waals surface area (Å²) in [4.78, 5) is 28.5. The van der Waals surface area contributed by atoms with Gasteiger partial charge in [0.15, 0.2) is 0 Å². The van der Waals surface area contributed by atoms with Crippen LogP contribution in [-0.2, 0) is 28.3 Å². The third-order valence-corrected chi connectivity index (χ3v) is 6.62. The number of carbonyl (C=O) groups excluding carboxylic acids is 2. The van der Waals surface area contributed by atoms with Crippen LogP contribution in [0, 0.1) is 13.8 Å². The Hall–Kier alpha value is -3.05. The summed E-state index contributed by atoms with van der Waals surface area (Å²) in [6, 6.07) is 25.8. The first-order chi connectivity index (χ1) is 16.5. The number of hydrogen-bond acceptors (Lipinski definition) is 3. The summed E-state index contributed by atoms with van der Waals surface area (Å²) >= 11 is 1.59. The molecule has 0 aromatic heterocycles. The Morgan fingerprint density at radius 3 is 2.12 bits per heavy atom. The van der Waals surface area contributed by atoms with E-state index >= 15 is 0 Å². The molecule has 3 rings (SSSR count). The summed E-state index contributed by atoms with van der Waals surface area (Å²) in [6.45, 7) is 6.95. The lowest BCUT2D eigenvalue weighted by Crippen LogP contribution is -2.51. The highest BCUT2D eigenvalue weighted by atomic mass is 32.2. The predicted octanol–water partition coefficient (Wildman–Crippen LogP) is 5.31. The van der Waals surface area contributed by atoms with Crippen LogP contribution in [0.2, 0.25) is 0 Å². The fourth-order valence-corrected chi connectivity index (χ4v) is 4.85. The number of nitrogens with zero attached hydrogens (tertiary/aromatic N) is 1. The van der Waals surface area contributed by atoms with Gasteiger partial charge >= 0.3 is 0 Å². The molecule has 0 unspecified atom stereocenters. The molecule has 34 heavy (non-hydrogen) atoms. The Labute approximate surface area is 207 Å². The van der Waals surface area contributed by atoms with Crippen molar-refractivity contribution in [3.05, 3.63) is 107 Å². The van der Waals surface area contributed by atoms with E-state index in [-0.39, 0.29) is 11.8 Å². The average Bonchev–Trinajstić information content (AvgIpc) is 2.82. The van der Waals surface area contributed by atoms with E-state index in [4.69, 9.17) is 0 Å². The highest BCUT2D eigenvalue weighted by Gasteiger charge is 2.30. The second-order valence-electron chi connectivity index (χ2n) is 8.59. The normalized spacial score (nSPS) is 11.6. The minimum atomic E-state index is -0.574. The van der Waals surface area contributed by atoms with Crippen LogP contribution in [-0.4, -0.2) is 35.1 Å². The first kappa shape index (κ1) is 25.6. The van der Waals surface area contributed by atoms with Crippen molar-refractivity contribution in [2.24, 2.45) is 0 Å². The van der Waals surface area contributed by atoms with Gasteiger partial charge in [0.05, 0.1) is 5.75 Å². The van der Waals surface area contributed by atoms with Gasteiger partial charge in [-0.2, -0.15) is 0 Å². The van der Waals surface area contributed by atoms with E-state index in [1.54, 1.807) is 16.7 Å². The minimum absolute atomic E-state index is 0.0219. The van der Waals surface area contributed by atoms with Crippen molar-refractivity contribution in [2.45, 2.75) is 45.5 Å². The van der Waals surface area contributed by atoms with Crippen LogP contribution in [0.1, 0.15) is 34.7 Å². The molecule has 0 aliphatic carbocycles. The SMILES string of the molecule is CCNC(=O)[C@@H](Cc1ccccc1)N(Cc1cccc(C)c1)C(=O)CSCc1cccc(C)c1. The molecular formula is C29H34N2O2S. The van der Waals surface area contributed by atoms with Gasteiger partial charge in [-0.25, -0.2) is 0 Å². The Morgan fingerprint density at radius 2 is 1.47 bits per heavy atom. The zero-order valence-electron chi connectivity index (χ0n) is 20.3. The fourth-order valence-electron chi connectivity index (χ4n) is 3.99. The molecule has 1 atom stereocenters. The lowest BCUT2D eigenvalue weighted by molar-refractivity contribution is -0.139. The summed E-state index contributed by atoms with van der Waals surface area (Å²) < 4.78 is 0. The molecule has 0 heterocycles. The van der Waals surface area contributed by atoms with E-state index in [1.165, 1.54) is 11.1 Å². The Kier molecular flexibility index (Phi) is 9.77. The number of benzene rings is 3. The Bertz CT molecular complexity index is 1080. The molecule has 2 amide bonds. The standard InChI is InChI=1S/C29H34N2O2S/c1-4-30-29(33)27(18-24-12-6-5-7-13-24)31(19-25-14-8-10-22(2)16-25)28(32)21-34-20-26-15-9-11-23(3)17-26/h5-17,27H,4,18-21H2,1-3H3,(H,30,33)/t27-/m1/s1. The van der Waals surface area contributed by atoms with Crippen LogP contribution in [0.25, 0.3) is 0 Å². The molecule has 0 aliphatic heterocycles. The van der Waals surface area contributed by atoms with Crippen molar-refractivity contribution >= 4 is 23.6 Å². The first-order valence-corrected chi connectivity index (χ1v) is 12.9. The van der Waals surface area contributed by atoms with Crippen LogP contribution in [0.4, 0.5) is 0 Å². The maximum Gasteiger partial charge on any atom is 0.243 e. The van der Waals surface area contributed by atoms with Crippen molar-refractivity contribution in [1.29, 1.82) is 0 Å². The topological polar surface area (TPSA) is 49.4 Å². The lowest BCUT2D eigenvalue weighted by atomic mass is 10.0. The smallest absolute Gasteiger partial charge is 0.243 e. The molecule has 0 bridgehead atoms. The molecule has 0 radical (unpaired) electrons. The zero-order valence-corrected chi connectivity index (χ0v) is 21.1.